The van der Waals surface area contributed by atoms with Crippen molar-refractivity contribution < 1.29 is 0 Å². The summed E-state index contributed by atoms with van der Waals surface area (Å²) in [7, 11) is 0. The summed E-state index contributed by atoms with van der Waals surface area (Å²) < 4.78 is 1.40. The molecule has 0 nitrogen and oxygen atoms in total. The van der Waals surface area contributed by atoms with E-state index >= 15 is 0 Å². The zero-order chi connectivity index (χ0) is 23.5. The largest absolute Gasteiger partial charge is 0.140 e. The van der Waals surface area contributed by atoms with E-state index in [0.29, 0.717) is 0 Å². The zero-order valence-corrected chi connectivity index (χ0v) is 21.0. The molecule has 168 valence electrons. The Morgan fingerprint density at radius 1 is 0.588 bits per heavy atom. The van der Waals surface area contributed by atoms with Crippen LogP contribution in [0.4, 0.5) is 0 Å². The summed E-state index contributed by atoms with van der Waals surface area (Å²) in [6.07, 6.45) is 6.96. The van der Waals surface area contributed by atoms with Gasteiger partial charge in [-0.3, -0.25) is 0 Å². The van der Waals surface area contributed by atoms with E-state index in [0.717, 1.165) is 0 Å². The molecular weight excluding hydrogens is 428 g/mol. The Labute approximate surface area is 207 Å². The molecule has 0 bridgehead atoms. The number of fused-ring (bicyclic) bond motifs is 3. The van der Waals surface area contributed by atoms with Crippen molar-refractivity contribution in [2.45, 2.75) is 33.6 Å². The highest BCUT2D eigenvalue weighted by Crippen LogP contribution is 2.38. The van der Waals surface area contributed by atoms with Gasteiger partial charge in [0.1, 0.15) is 0 Å². The van der Waals surface area contributed by atoms with E-state index in [9.17, 15) is 0 Å². The van der Waals surface area contributed by atoms with E-state index in [2.05, 4.69) is 110 Å². The first-order valence-electron chi connectivity index (χ1n) is 12.2. The molecular formula is C33H30S. The van der Waals surface area contributed by atoms with Crippen molar-refractivity contribution in [2.24, 2.45) is 0 Å². The molecule has 4 aromatic carbocycles. The SMILES string of the molecule is CC.Cc1ccc(-c2ccc(-c3ccc(-c4ccc5sc6c(c5c4)C=CCC6)cc3)cc2)cc1. The molecule has 0 fully saturated rings. The van der Waals surface area contributed by atoms with E-state index < -0.39 is 0 Å². The number of allylic oxidation sites excluding steroid dienone is 1. The van der Waals surface area contributed by atoms with Gasteiger partial charge in [0.05, 0.1) is 0 Å². The summed E-state index contributed by atoms with van der Waals surface area (Å²) >= 11 is 1.95. The van der Waals surface area contributed by atoms with Crippen LogP contribution in [0.1, 0.15) is 36.3 Å². The number of hydrogen-bond acceptors (Lipinski definition) is 1. The van der Waals surface area contributed by atoms with Crippen LogP contribution in [0.2, 0.25) is 0 Å². The third-order valence-corrected chi connectivity index (χ3v) is 7.69. The predicted octanol–water partition coefficient (Wildman–Crippen LogP) is 10.2. The van der Waals surface area contributed by atoms with Gasteiger partial charge in [-0.15, -0.1) is 11.3 Å². The molecule has 0 aliphatic heterocycles. The van der Waals surface area contributed by atoms with Gasteiger partial charge in [0.2, 0.25) is 0 Å². The van der Waals surface area contributed by atoms with Crippen LogP contribution >= 0.6 is 11.3 Å². The van der Waals surface area contributed by atoms with E-state index in [-0.39, 0.29) is 0 Å². The van der Waals surface area contributed by atoms with Crippen molar-refractivity contribution in [1.82, 2.24) is 0 Å². The summed E-state index contributed by atoms with van der Waals surface area (Å²) in [6.45, 7) is 6.12. The molecule has 1 aliphatic carbocycles. The minimum atomic E-state index is 1.17. The number of benzene rings is 4. The molecule has 0 spiro atoms. The number of hydrogen-bond donors (Lipinski definition) is 0. The molecule has 1 heterocycles. The standard InChI is InChI=1S/C31H24S.C2H6/c1-21-6-8-22(9-7-21)23-10-12-24(13-11-23)25-14-16-26(17-15-25)27-18-19-31-29(20-27)28-4-2-3-5-30(28)32-31;1-2/h2,4,6-20H,3,5H2,1H3;1-2H3. The minimum Gasteiger partial charge on any atom is -0.140 e. The molecule has 0 radical (unpaired) electrons. The van der Waals surface area contributed by atoms with Crippen molar-refractivity contribution in [1.29, 1.82) is 0 Å². The van der Waals surface area contributed by atoms with Crippen LogP contribution in [-0.4, -0.2) is 0 Å². The first-order chi connectivity index (χ1) is 16.7. The Morgan fingerprint density at radius 3 is 1.62 bits per heavy atom. The van der Waals surface area contributed by atoms with Gasteiger partial charge < -0.3 is 0 Å². The fraction of sp³-hybridized carbons (Fsp3) is 0.152. The molecule has 0 unspecified atom stereocenters. The normalized spacial score (nSPS) is 12.2. The van der Waals surface area contributed by atoms with Gasteiger partial charge in [-0.2, -0.15) is 0 Å². The summed E-state index contributed by atoms with van der Waals surface area (Å²) in [5.41, 5.74) is 10.3. The fourth-order valence-electron chi connectivity index (χ4n) is 4.59. The lowest BCUT2D eigenvalue weighted by Gasteiger charge is -2.08. The molecule has 0 saturated carbocycles. The van der Waals surface area contributed by atoms with Crippen molar-refractivity contribution >= 4 is 27.5 Å². The maximum atomic E-state index is 2.37. The second kappa shape index (κ2) is 9.83. The van der Waals surface area contributed by atoms with Crippen molar-refractivity contribution in [3.63, 3.8) is 0 Å². The first-order valence-corrected chi connectivity index (χ1v) is 13.1. The Bertz CT molecular complexity index is 1430. The van der Waals surface area contributed by atoms with Crippen LogP contribution in [0.3, 0.4) is 0 Å². The molecule has 0 amide bonds. The quantitative estimate of drug-likeness (QED) is 0.252. The predicted molar refractivity (Wildman–Crippen MR) is 152 cm³/mol. The Hall–Kier alpha value is -3.42. The van der Waals surface area contributed by atoms with Crippen molar-refractivity contribution in [3.8, 4) is 33.4 Å². The minimum absolute atomic E-state index is 1.17. The average molecular weight is 459 g/mol. The number of aryl methyl sites for hydroxylation is 2. The van der Waals surface area contributed by atoms with Gasteiger partial charge in [0.15, 0.2) is 0 Å². The molecule has 1 aliphatic rings. The van der Waals surface area contributed by atoms with Gasteiger partial charge in [-0.1, -0.05) is 110 Å². The maximum absolute atomic E-state index is 2.37. The summed E-state index contributed by atoms with van der Waals surface area (Å²) in [5.74, 6) is 0. The van der Waals surface area contributed by atoms with Crippen LogP contribution in [0.25, 0.3) is 49.5 Å². The third kappa shape index (κ3) is 4.36. The summed E-state index contributed by atoms with van der Waals surface area (Å²) in [4.78, 5) is 1.53. The van der Waals surface area contributed by atoms with Crippen molar-refractivity contribution in [3.05, 3.63) is 113 Å². The lowest BCUT2D eigenvalue weighted by atomic mass is 9.96. The van der Waals surface area contributed by atoms with Gasteiger partial charge in [0, 0.05) is 15.0 Å². The van der Waals surface area contributed by atoms with Gasteiger partial charge >= 0.3 is 0 Å². The average Bonchev–Trinajstić information content (AvgIpc) is 3.29. The third-order valence-electron chi connectivity index (χ3n) is 6.45. The lowest BCUT2D eigenvalue weighted by molar-refractivity contribution is 1.02. The Balaban J connectivity index is 0.00000117. The number of thiophene rings is 1. The van der Waals surface area contributed by atoms with Crippen LogP contribution in [-0.2, 0) is 6.42 Å². The zero-order valence-electron chi connectivity index (χ0n) is 20.1. The smallest absolute Gasteiger partial charge is 0.0352 e. The molecule has 34 heavy (non-hydrogen) atoms. The van der Waals surface area contributed by atoms with E-state index in [4.69, 9.17) is 0 Å². The molecule has 1 aromatic heterocycles. The van der Waals surface area contributed by atoms with Crippen LogP contribution in [0.5, 0.6) is 0 Å². The summed E-state index contributed by atoms with van der Waals surface area (Å²) in [6, 6.07) is 33.5. The maximum Gasteiger partial charge on any atom is 0.0352 e. The summed E-state index contributed by atoms with van der Waals surface area (Å²) in [5, 5.41) is 1.40. The highest BCUT2D eigenvalue weighted by atomic mass is 32.1. The van der Waals surface area contributed by atoms with E-state index in [1.54, 1.807) is 0 Å². The molecule has 0 N–H and O–H groups in total. The van der Waals surface area contributed by atoms with Gasteiger partial charge in [-0.05, 0) is 70.8 Å². The molecule has 6 rings (SSSR count). The highest BCUT2D eigenvalue weighted by Gasteiger charge is 2.13. The molecule has 0 saturated heterocycles. The van der Waals surface area contributed by atoms with Crippen LogP contribution in [0.15, 0.2) is 97.1 Å². The lowest BCUT2D eigenvalue weighted by Crippen LogP contribution is -1.87. The van der Waals surface area contributed by atoms with Gasteiger partial charge in [-0.25, -0.2) is 0 Å². The first kappa shape index (κ1) is 22.4. The van der Waals surface area contributed by atoms with E-state index in [1.165, 1.54) is 72.3 Å². The van der Waals surface area contributed by atoms with Crippen LogP contribution < -0.4 is 0 Å². The topological polar surface area (TPSA) is 0 Å². The highest BCUT2D eigenvalue weighted by molar-refractivity contribution is 7.19. The molecule has 1 heteroatoms. The Kier molecular flexibility index (Phi) is 6.47. The number of rotatable bonds is 3. The molecule has 5 aromatic rings. The van der Waals surface area contributed by atoms with Gasteiger partial charge in [0.25, 0.3) is 0 Å². The Morgan fingerprint density at radius 2 is 1.06 bits per heavy atom. The van der Waals surface area contributed by atoms with Crippen molar-refractivity contribution in [2.75, 3.05) is 0 Å². The second-order valence-electron chi connectivity index (χ2n) is 8.61. The monoisotopic (exact) mass is 458 g/mol. The van der Waals surface area contributed by atoms with E-state index in [1.807, 2.05) is 25.2 Å². The molecule has 0 atom stereocenters. The fourth-order valence-corrected chi connectivity index (χ4v) is 5.78. The van der Waals surface area contributed by atoms with Crippen LogP contribution in [0, 0.1) is 6.92 Å². The second-order valence-corrected chi connectivity index (χ2v) is 9.75.